The second-order valence-corrected chi connectivity index (χ2v) is 5.08. The Balaban J connectivity index is 2.51. The molecule has 0 heterocycles. The first kappa shape index (κ1) is 14.9. The number of ketones is 1. The van der Waals surface area contributed by atoms with Gasteiger partial charge < -0.3 is 5.32 Å². The summed E-state index contributed by atoms with van der Waals surface area (Å²) in [5, 5.41) is 2.70. The maximum atomic E-state index is 11.8. The van der Waals surface area contributed by atoms with E-state index < -0.39 is 0 Å². The summed E-state index contributed by atoms with van der Waals surface area (Å²) in [7, 11) is 0. The van der Waals surface area contributed by atoms with Crippen LogP contribution in [0.3, 0.4) is 0 Å². The van der Waals surface area contributed by atoms with Gasteiger partial charge in [-0.3, -0.25) is 9.59 Å². The van der Waals surface area contributed by atoms with Gasteiger partial charge in [-0.05, 0) is 25.0 Å². The van der Waals surface area contributed by atoms with Gasteiger partial charge in [0.25, 0.3) is 0 Å². The van der Waals surface area contributed by atoms with Gasteiger partial charge in [0, 0.05) is 16.0 Å². The number of carbonyl (C=O) groups excluding carboxylic acids is 2. The van der Waals surface area contributed by atoms with E-state index in [1.807, 2.05) is 26.0 Å². The van der Waals surface area contributed by atoms with E-state index in [1.165, 1.54) is 0 Å². The number of Topliss-reactive ketones (excluding diaryl/α,β-unsaturated/α-hetero) is 1. The summed E-state index contributed by atoms with van der Waals surface area (Å²) < 4.78 is 0.931. The molecule has 0 atom stereocenters. The van der Waals surface area contributed by atoms with Crippen LogP contribution in [0.15, 0.2) is 28.7 Å². The number of benzene rings is 1. The fourth-order valence-electron chi connectivity index (χ4n) is 1.71. The number of nitrogens with one attached hydrogen (secondary N) is 1. The van der Waals surface area contributed by atoms with Gasteiger partial charge in [-0.25, -0.2) is 0 Å². The molecule has 18 heavy (non-hydrogen) atoms. The fourth-order valence-corrected chi connectivity index (χ4v) is 1.97. The van der Waals surface area contributed by atoms with Crippen LogP contribution < -0.4 is 5.32 Å². The average molecular weight is 312 g/mol. The fraction of sp³-hybridized carbons (Fsp3) is 0.429. The molecule has 4 heteroatoms. The zero-order valence-electron chi connectivity index (χ0n) is 10.7. The summed E-state index contributed by atoms with van der Waals surface area (Å²) in [5.74, 6) is -0.102. The lowest BCUT2D eigenvalue weighted by molar-refractivity contribution is -0.125. The van der Waals surface area contributed by atoms with Crippen LogP contribution >= 0.6 is 15.9 Å². The van der Waals surface area contributed by atoms with E-state index in [0.717, 1.165) is 17.3 Å². The Kier molecular flexibility index (Phi) is 6.05. The van der Waals surface area contributed by atoms with Gasteiger partial charge in [0.05, 0.1) is 6.54 Å². The van der Waals surface area contributed by atoms with E-state index in [2.05, 4.69) is 21.2 Å². The van der Waals surface area contributed by atoms with Crippen molar-refractivity contribution < 1.29 is 9.59 Å². The third-order valence-corrected chi connectivity index (χ3v) is 3.47. The molecule has 1 N–H and O–H groups in total. The summed E-state index contributed by atoms with van der Waals surface area (Å²) in [4.78, 5) is 23.6. The Morgan fingerprint density at radius 3 is 2.22 bits per heavy atom. The number of halogens is 1. The second kappa shape index (κ2) is 7.31. The summed E-state index contributed by atoms with van der Waals surface area (Å²) in [6.45, 7) is 4.02. The molecule has 1 rings (SSSR count). The molecule has 0 saturated heterocycles. The molecule has 1 aromatic rings. The molecule has 98 valence electrons. The van der Waals surface area contributed by atoms with Crippen molar-refractivity contribution in [2.24, 2.45) is 5.92 Å². The maximum absolute atomic E-state index is 11.8. The molecule has 1 amide bonds. The van der Waals surface area contributed by atoms with Crippen molar-refractivity contribution in [1.82, 2.24) is 5.32 Å². The predicted molar refractivity (Wildman–Crippen MR) is 75.6 cm³/mol. The van der Waals surface area contributed by atoms with Crippen LogP contribution in [0.1, 0.15) is 37.0 Å². The lowest BCUT2D eigenvalue weighted by atomic mass is 10.0. The molecule has 0 radical (unpaired) electrons. The minimum atomic E-state index is -0.0678. The van der Waals surface area contributed by atoms with Gasteiger partial charge >= 0.3 is 0 Å². The molecular weight excluding hydrogens is 294 g/mol. The monoisotopic (exact) mass is 311 g/mol. The van der Waals surface area contributed by atoms with Crippen LogP contribution in [0.4, 0.5) is 0 Å². The van der Waals surface area contributed by atoms with Crippen LogP contribution in [0, 0.1) is 5.92 Å². The van der Waals surface area contributed by atoms with E-state index in [9.17, 15) is 9.59 Å². The van der Waals surface area contributed by atoms with E-state index in [1.54, 1.807) is 12.1 Å². The van der Waals surface area contributed by atoms with Gasteiger partial charge in [-0.15, -0.1) is 0 Å². The van der Waals surface area contributed by atoms with Crippen molar-refractivity contribution in [3.63, 3.8) is 0 Å². The molecule has 3 nitrogen and oxygen atoms in total. The van der Waals surface area contributed by atoms with Gasteiger partial charge in [0.15, 0.2) is 5.78 Å². The third kappa shape index (κ3) is 4.26. The van der Waals surface area contributed by atoms with Crippen LogP contribution in [-0.4, -0.2) is 18.2 Å². The highest BCUT2D eigenvalue weighted by Gasteiger charge is 2.15. The van der Waals surface area contributed by atoms with Gasteiger partial charge in [0.1, 0.15) is 0 Å². The zero-order chi connectivity index (χ0) is 13.5. The first-order valence-corrected chi connectivity index (χ1v) is 6.94. The Morgan fingerprint density at radius 2 is 1.72 bits per heavy atom. The molecule has 0 bridgehead atoms. The molecule has 0 aliphatic carbocycles. The van der Waals surface area contributed by atoms with Crippen molar-refractivity contribution >= 4 is 27.6 Å². The van der Waals surface area contributed by atoms with E-state index >= 15 is 0 Å². The smallest absolute Gasteiger partial charge is 0.223 e. The van der Waals surface area contributed by atoms with E-state index in [0.29, 0.717) is 5.56 Å². The lowest BCUT2D eigenvalue weighted by Crippen LogP contribution is -2.34. The highest BCUT2D eigenvalue weighted by atomic mass is 79.9. The summed E-state index contributed by atoms with van der Waals surface area (Å²) in [6, 6.07) is 7.12. The summed E-state index contributed by atoms with van der Waals surface area (Å²) in [6.07, 6.45) is 1.60. The van der Waals surface area contributed by atoms with Crippen molar-refractivity contribution in [2.45, 2.75) is 26.7 Å². The van der Waals surface area contributed by atoms with Crippen LogP contribution in [0.2, 0.25) is 0 Å². The van der Waals surface area contributed by atoms with E-state index in [-0.39, 0.29) is 24.2 Å². The molecule has 0 unspecified atom stereocenters. The lowest BCUT2D eigenvalue weighted by Gasteiger charge is -2.12. The van der Waals surface area contributed by atoms with Gasteiger partial charge in [-0.2, -0.15) is 0 Å². The molecule has 0 aromatic heterocycles. The first-order chi connectivity index (χ1) is 8.58. The second-order valence-electron chi connectivity index (χ2n) is 4.16. The molecule has 0 aliphatic heterocycles. The number of amides is 1. The molecule has 0 spiro atoms. The quantitative estimate of drug-likeness (QED) is 0.820. The maximum Gasteiger partial charge on any atom is 0.223 e. The Morgan fingerprint density at radius 1 is 1.17 bits per heavy atom. The molecular formula is C14H18BrNO2. The summed E-state index contributed by atoms with van der Waals surface area (Å²) >= 11 is 3.31. The molecule has 0 aliphatic rings. The minimum Gasteiger partial charge on any atom is -0.348 e. The summed E-state index contributed by atoms with van der Waals surface area (Å²) in [5.41, 5.74) is 0.614. The Bertz CT molecular complexity index is 410. The van der Waals surface area contributed by atoms with Crippen LogP contribution in [-0.2, 0) is 4.79 Å². The molecule has 0 fully saturated rings. The number of rotatable bonds is 6. The number of hydrogen-bond donors (Lipinski definition) is 1. The SMILES string of the molecule is CCC(CC)C(=O)NCC(=O)c1ccc(Br)cc1. The van der Waals surface area contributed by atoms with Crippen molar-refractivity contribution in [3.05, 3.63) is 34.3 Å². The molecule has 1 aromatic carbocycles. The average Bonchev–Trinajstić information content (AvgIpc) is 2.38. The zero-order valence-corrected chi connectivity index (χ0v) is 12.3. The van der Waals surface area contributed by atoms with Crippen molar-refractivity contribution in [3.8, 4) is 0 Å². The number of hydrogen-bond acceptors (Lipinski definition) is 2. The standard InChI is InChI=1S/C14H18BrNO2/c1-3-10(4-2)14(18)16-9-13(17)11-5-7-12(15)8-6-11/h5-8,10H,3-4,9H2,1-2H3,(H,16,18). The highest BCUT2D eigenvalue weighted by Crippen LogP contribution is 2.11. The minimum absolute atomic E-state index is 0.00252. The molecule has 0 saturated carbocycles. The van der Waals surface area contributed by atoms with Crippen LogP contribution in [0.25, 0.3) is 0 Å². The largest absolute Gasteiger partial charge is 0.348 e. The highest BCUT2D eigenvalue weighted by molar-refractivity contribution is 9.10. The van der Waals surface area contributed by atoms with Crippen molar-refractivity contribution in [1.29, 1.82) is 0 Å². The number of carbonyl (C=O) groups is 2. The van der Waals surface area contributed by atoms with E-state index in [4.69, 9.17) is 0 Å². The Hall–Kier alpha value is -1.16. The van der Waals surface area contributed by atoms with Gasteiger partial charge in [0.2, 0.25) is 5.91 Å². The Labute approximate surface area is 116 Å². The normalized spacial score (nSPS) is 10.4. The predicted octanol–water partition coefficient (Wildman–Crippen LogP) is 3.18. The third-order valence-electron chi connectivity index (χ3n) is 2.95. The first-order valence-electron chi connectivity index (χ1n) is 6.15. The van der Waals surface area contributed by atoms with Crippen LogP contribution in [0.5, 0.6) is 0 Å². The topological polar surface area (TPSA) is 46.2 Å². The van der Waals surface area contributed by atoms with Crippen molar-refractivity contribution in [2.75, 3.05) is 6.54 Å². The van der Waals surface area contributed by atoms with Gasteiger partial charge in [-0.1, -0.05) is 41.9 Å².